The van der Waals surface area contributed by atoms with Crippen LogP contribution in [0.1, 0.15) is 48.9 Å². The van der Waals surface area contributed by atoms with E-state index in [0.717, 1.165) is 0 Å². The summed E-state index contributed by atoms with van der Waals surface area (Å²) in [6.45, 7) is 2.67. The lowest BCUT2D eigenvalue weighted by atomic mass is 9.97. The molecule has 36 heavy (non-hydrogen) atoms. The van der Waals surface area contributed by atoms with Crippen molar-refractivity contribution in [1.29, 1.82) is 5.26 Å². The van der Waals surface area contributed by atoms with Crippen molar-refractivity contribution in [3.63, 3.8) is 0 Å². The quantitative estimate of drug-likeness (QED) is 0.235. The number of aromatic nitrogens is 2. The number of carbonyl (C=O) groups is 1. The fourth-order valence-electron chi connectivity index (χ4n) is 3.58. The highest BCUT2D eigenvalue weighted by Gasteiger charge is 2.37. The normalized spacial score (nSPS) is 13.2. The van der Waals surface area contributed by atoms with Crippen LogP contribution in [-0.2, 0) is 23.7 Å². The van der Waals surface area contributed by atoms with E-state index in [-0.39, 0.29) is 42.2 Å². The number of hydrogen-bond acceptors (Lipinski definition) is 4. The van der Waals surface area contributed by atoms with Gasteiger partial charge in [-0.3, -0.25) is 4.79 Å². The Hall–Kier alpha value is -3.65. The third kappa shape index (κ3) is 6.51. The molecule has 11 heteroatoms. The zero-order valence-corrected chi connectivity index (χ0v) is 19.2. The summed E-state index contributed by atoms with van der Waals surface area (Å²) in [7, 11) is 0. The van der Waals surface area contributed by atoms with E-state index in [4.69, 9.17) is 0 Å². The summed E-state index contributed by atoms with van der Waals surface area (Å²) in [4.78, 5) is 16.7. The number of ketones is 1. The molecule has 0 aliphatic heterocycles. The molecule has 0 bridgehead atoms. The summed E-state index contributed by atoms with van der Waals surface area (Å²) >= 11 is 0. The van der Waals surface area contributed by atoms with E-state index >= 15 is 0 Å². The van der Waals surface area contributed by atoms with Gasteiger partial charge in [0.15, 0.2) is 5.78 Å². The van der Waals surface area contributed by atoms with Crippen molar-refractivity contribution < 1.29 is 36.2 Å². The summed E-state index contributed by atoms with van der Waals surface area (Å²) in [5.41, 5.74) is -3.85. The van der Waals surface area contributed by atoms with Crippen molar-refractivity contribution in [3.8, 4) is 6.07 Å². The monoisotopic (exact) mass is 509 g/mol. The molecule has 5 nitrogen and oxygen atoms in total. The Morgan fingerprint density at radius 1 is 1.11 bits per heavy atom. The third-order valence-corrected chi connectivity index (χ3v) is 5.35. The number of Topliss-reactive ketones (excluding diaryl/α,β-unsaturated/α-hetero) is 1. The molecule has 2 aromatic heterocycles. The summed E-state index contributed by atoms with van der Waals surface area (Å²) in [5.74, 6) is -0.517. The number of benzene rings is 1. The van der Waals surface area contributed by atoms with Crippen LogP contribution in [-0.4, -0.2) is 26.0 Å². The third-order valence-electron chi connectivity index (χ3n) is 5.35. The number of fused-ring (bicyclic) bond motifs is 1. The van der Waals surface area contributed by atoms with Gasteiger partial charge in [-0.2, -0.15) is 31.6 Å². The predicted molar refractivity (Wildman–Crippen MR) is 119 cm³/mol. The first-order valence-electron chi connectivity index (χ1n) is 10.7. The molecule has 0 aliphatic rings. The molecule has 0 saturated carbocycles. The van der Waals surface area contributed by atoms with Gasteiger partial charge in [0.25, 0.3) is 0 Å². The molecule has 0 spiro atoms. The number of hydrogen-bond donors (Lipinski definition) is 1. The number of halogens is 6. The van der Waals surface area contributed by atoms with E-state index in [1.54, 1.807) is 12.1 Å². The van der Waals surface area contributed by atoms with Gasteiger partial charge in [-0.05, 0) is 62.2 Å². The zero-order chi connectivity index (χ0) is 26.9. The first kappa shape index (κ1) is 26.9. The fraction of sp³-hybridized carbons (Fsp3) is 0.320. The molecule has 0 saturated heterocycles. The molecular formula is C25H21F6N3O2. The average molecular weight is 509 g/mol. The lowest BCUT2D eigenvalue weighted by Crippen LogP contribution is -2.20. The minimum absolute atomic E-state index is 0.0577. The molecule has 1 aromatic carbocycles. The van der Waals surface area contributed by atoms with Crippen LogP contribution in [0, 0.1) is 11.3 Å². The van der Waals surface area contributed by atoms with Crippen LogP contribution < -0.4 is 0 Å². The van der Waals surface area contributed by atoms with Gasteiger partial charge in [-0.15, -0.1) is 0 Å². The maximum atomic E-state index is 13.3. The van der Waals surface area contributed by atoms with Gasteiger partial charge < -0.3 is 9.67 Å². The van der Waals surface area contributed by atoms with Gasteiger partial charge in [-0.25, -0.2) is 4.98 Å². The van der Waals surface area contributed by atoms with Gasteiger partial charge in [0, 0.05) is 36.3 Å². The Morgan fingerprint density at radius 2 is 1.72 bits per heavy atom. The molecule has 0 radical (unpaired) electrons. The molecule has 1 N–H and O–H groups in total. The maximum Gasteiger partial charge on any atom is 0.416 e. The lowest BCUT2D eigenvalue weighted by molar-refractivity contribution is -0.143. The van der Waals surface area contributed by atoms with Gasteiger partial charge >= 0.3 is 12.4 Å². The number of aliphatic hydroxyl groups is 1. The van der Waals surface area contributed by atoms with Crippen LogP contribution in [0.3, 0.4) is 0 Å². The van der Waals surface area contributed by atoms with Crippen molar-refractivity contribution >= 4 is 22.9 Å². The van der Waals surface area contributed by atoms with Crippen LogP contribution in [0.4, 0.5) is 26.3 Å². The van der Waals surface area contributed by atoms with E-state index in [1.807, 2.05) is 6.07 Å². The smallest absolute Gasteiger partial charge is 0.390 e. The van der Waals surface area contributed by atoms with Crippen LogP contribution in [0.2, 0.25) is 0 Å². The van der Waals surface area contributed by atoms with Crippen molar-refractivity contribution in [1.82, 2.24) is 9.55 Å². The summed E-state index contributed by atoms with van der Waals surface area (Å²) in [5, 5.41) is 19.8. The van der Waals surface area contributed by atoms with Gasteiger partial charge in [0.1, 0.15) is 11.7 Å². The SMILES string of the molecule is CC(C)(O)CCC(=O)/C(C#N)=C/c1cn(Cc2cc(C(F)(F)F)cc(C(F)(F)F)c2)c2ncccc12. The number of alkyl halides is 6. The fourth-order valence-corrected chi connectivity index (χ4v) is 3.58. The van der Waals surface area contributed by atoms with Gasteiger partial charge in [0.05, 0.1) is 22.3 Å². The van der Waals surface area contributed by atoms with Gasteiger partial charge in [-0.1, -0.05) is 0 Å². The first-order chi connectivity index (χ1) is 16.6. The van der Waals surface area contributed by atoms with Crippen molar-refractivity contribution in [3.05, 3.63) is 70.6 Å². The van der Waals surface area contributed by atoms with Crippen LogP contribution >= 0.6 is 0 Å². The highest BCUT2D eigenvalue weighted by molar-refractivity contribution is 6.05. The largest absolute Gasteiger partial charge is 0.416 e. The number of nitriles is 1. The predicted octanol–water partition coefficient (Wildman–Crippen LogP) is 6.15. The highest BCUT2D eigenvalue weighted by atomic mass is 19.4. The standard InChI is InChI=1S/C25H21F6N3O2/c1-23(2,36)6-5-21(35)16(12-32)10-17-14-34(22-20(17)4-3-7-33-22)13-15-8-18(24(26,27)28)11-19(9-15)25(29,30)31/h3-4,7-11,14,36H,5-6,13H2,1-2H3/b16-10+. The van der Waals surface area contributed by atoms with Crippen LogP contribution in [0.5, 0.6) is 0 Å². The topological polar surface area (TPSA) is 78.9 Å². The molecule has 0 fully saturated rings. The van der Waals surface area contributed by atoms with Crippen molar-refractivity contribution in [2.24, 2.45) is 0 Å². The molecule has 0 aliphatic carbocycles. The summed E-state index contributed by atoms with van der Waals surface area (Å²) in [6.07, 6.45) is -5.83. The van der Waals surface area contributed by atoms with E-state index in [9.17, 15) is 41.5 Å². The molecule has 190 valence electrons. The van der Waals surface area contributed by atoms with Crippen LogP contribution in [0.25, 0.3) is 17.1 Å². The first-order valence-corrected chi connectivity index (χ1v) is 10.7. The molecule has 0 atom stereocenters. The van der Waals surface area contributed by atoms with Crippen molar-refractivity contribution in [2.75, 3.05) is 0 Å². The molecule has 3 aromatic rings. The Balaban J connectivity index is 2.05. The van der Waals surface area contributed by atoms with E-state index in [0.29, 0.717) is 23.1 Å². The van der Waals surface area contributed by atoms with Crippen LogP contribution in [0.15, 0.2) is 48.3 Å². The molecule has 3 rings (SSSR count). The Morgan fingerprint density at radius 3 is 2.25 bits per heavy atom. The highest BCUT2D eigenvalue weighted by Crippen LogP contribution is 2.37. The number of rotatable bonds is 7. The minimum Gasteiger partial charge on any atom is -0.390 e. The molecule has 0 unspecified atom stereocenters. The second-order valence-corrected chi connectivity index (χ2v) is 8.91. The second kappa shape index (κ2) is 9.78. The molecular weight excluding hydrogens is 488 g/mol. The summed E-state index contributed by atoms with van der Waals surface area (Å²) < 4.78 is 80.9. The van der Waals surface area contributed by atoms with E-state index < -0.39 is 34.9 Å². The zero-order valence-electron chi connectivity index (χ0n) is 19.2. The number of pyridine rings is 1. The maximum absolute atomic E-state index is 13.3. The number of allylic oxidation sites excluding steroid dienone is 1. The van der Waals surface area contributed by atoms with Crippen molar-refractivity contribution in [2.45, 2.75) is 51.2 Å². The number of nitrogens with zero attached hydrogens (tertiary/aromatic N) is 3. The molecule has 2 heterocycles. The Bertz CT molecular complexity index is 1320. The molecule has 0 amide bonds. The second-order valence-electron chi connectivity index (χ2n) is 8.91. The van der Waals surface area contributed by atoms with E-state index in [2.05, 4.69) is 4.98 Å². The lowest BCUT2D eigenvalue weighted by Gasteiger charge is -2.15. The minimum atomic E-state index is -4.98. The number of carbonyl (C=O) groups excluding carboxylic acids is 1. The van der Waals surface area contributed by atoms with E-state index in [1.165, 1.54) is 36.9 Å². The van der Waals surface area contributed by atoms with Gasteiger partial charge in [0.2, 0.25) is 0 Å². The average Bonchev–Trinajstić information content (AvgIpc) is 3.11. The Kier molecular flexibility index (Phi) is 7.32. The Labute approximate surface area is 202 Å². The summed E-state index contributed by atoms with van der Waals surface area (Å²) in [6, 6.07) is 6.32.